The average molecular weight is 397 g/mol. The van der Waals surface area contributed by atoms with Gasteiger partial charge >= 0.3 is 0 Å². The van der Waals surface area contributed by atoms with Crippen LogP contribution in [0.25, 0.3) is 0 Å². The van der Waals surface area contributed by atoms with Crippen LogP contribution in [0.15, 0.2) is 53.4 Å². The second-order valence-corrected chi connectivity index (χ2v) is 7.84. The summed E-state index contributed by atoms with van der Waals surface area (Å²) in [6, 6.07) is 12.4. The van der Waals surface area contributed by atoms with E-state index in [2.05, 4.69) is 4.72 Å². The van der Waals surface area contributed by atoms with Crippen molar-refractivity contribution in [2.75, 3.05) is 14.2 Å². The van der Waals surface area contributed by atoms with Crippen LogP contribution < -0.4 is 9.46 Å². The Kier molecular flexibility index (Phi) is 6.63. The Morgan fingerprint density at radius 1 is 1.08 bits per heavy atom. The molecule has 0 amide bonds. The van der Waals surface area contributed by atoms with Crippen molar-refractivity contribution < 1.29 is 17.9 Å². The Hall–Kier alpha value is -2.09. The first-order valence-electron chi connectivity index (χ1n) is 7.78. The molecule has 2 rings (SSSR count). The molecule has 140 valence electrons. The molecule has 0 saturated heterocycles. The van der Waals surface area contributed by atoms with Crippen LogP contribution in [0, 0.1) is 12.3 Å². The Balaban J connectivity index is 2.39. The van der Waals surface area contributed by atoms with Crippen molar-refractivity contribution in [3.63, 3.8) is 0 Å². The Labute approximate surface area is 158 Å². The molecule has 26 heavy (non-hydrogen) atoms. The molecule has 0 aliphatic heterocycles. The minimum Gasteiger partial charge on any atom is -0.497 e. The first kappa shape index (κ1) is 20.2. The fourth-order valence-electron chi connectivity index (χ4n) is 2.32. The van der Waals surface area contributed by atoms with Gasteiger partial charge in [-0.1, -0.05) is 29.8 Å². The molecule has 0 spiro atoms. The highest BCUT2D eigenvalue weighted by Gasteiger charge is 2.31. The van der Waals surface area contributed by atoms with Gasteiger partial charge in [0.15, 0.2) is 0 Å². The minimum absolute atomic E-state index is 0.120. The molecule has 2 N–H and O–H groups in total. The lowest BCUT2D eigenvalue weighted by Gasteiger charge is -2.24. The Morgan fingerprint density at radius 2 is 1.65 bits per heavy atom. The summed E-state index contributed by atoms with van der Waals surface area (Å²) >= 11 is 6.32. The third-order valence-electron chi connectivity index (χ3n) is 3.85. The number of halogens is 1. The number of ether oxygens (including phenoxy) is 2. The molecule has 0 fully saturated rings. The third kappa shape index (κ3) is 4.75. The SMILES string of the molecule is COC(=N)[C@H](Cl)[C@H](NS(=O)(=O)c1ccc(C)cc1)c1ccc(OC)cc1. The van der Waals surface area contributed by atoms with Gasteiger partial charge < -0.3 is 9.47 Å². The summed E-state index contributed by atoms with van der Waals surface area (Å²) in [6.07, 6.45) is 0. The van der Waals surface area contributed by atoms with Gasteiger partial charge in [0.2, 0.25) is 15.9 Å². The molecule has 0 bridgehead atoms. The average Bonchev–Trinajstić information content (AvgIpc) is 2.65. The van der Waals surface area contributed by atoms with E-state index in [1.807, 2.05) is 6.92 Å². The first-order valence-corrected chi connectivity index (χ1v) is 9.70. The van der Waals surface area contributed by atoms with Gasteiger partial charge in [-0.05, 0) is 36.8 Å². The fourth-order valence-corrected chi connectivity index (χ4v) is 3.93. The molecule has 0 heterocycles. The lowest BCUT2D eigenvalue weighted by Crippen LogP contribution is -2.37. The second-order valence-electron chi connectivity index (χ2n) is 5.66. The van der Waals surface area contributed by atoms with E-state index < -0.39 is 21.4 Å². The summed E-state index contributed by atoms with van der Waals surface area (Å²) < 4.78 is 38.1. The number of hydrogen-bond acceptors (Lipinski definition) is 5. The standard InChI is InChI=1S/C18H21ClN2O4S/c1-12-4-10-15(11-5-12)26(22,23)21-17(16(19)18(20)25-3)13-6-8-14(24-2)9-7-13/h4-11,16-17,20-21H,1-3H3/t16-,17-/m1/s1. The highest BCUT2D eigenvalue weighted by Crippen LogP contribution is 2.27. The van der Waals surface area contributed by atoms with E-state index in [-0.39, 0.29) is 10.8 Å². The van der Waals surface area contributed by atoms with Crippen molar-refractivity contribution in [3.05, 3.63) is 59.7 Å². The maximum Gasteiger partial charge on any atom is 0.241 e. The van der Waals surface area contributed by atoms with Crippen LogP contribution in [0.5, 0.6) is 5.75 Å². The maximum absolute atomic E-state index is 12.8. The highest BCUT2D eigenvalue weighted by molar-refractivity contribution is 7.89. The van der Waals surface area contributed by atoms with Crippen LogP contribution in [0.3, 0.4) is 0 Å². The number of methoxy groups -OCH3 is 2. The zero-order chi connectivity index (χ0) is 19.3. The van der Waals surface area contributed by atoms with Crippen molar-refractivity contribution in [3.8, 4) is 5.75 Å². The van der Waals surface area contributed by atoms with Gasteiger partial charge in [-0.25, -0.2) is 13.1 Å². The molecular formula is C18H21ClN2O4S. The molecular weight excluding hydrogens is 376 g/mol. The molecule has 0 aromatic heterocycles. The predicted molar refractivity (Wildman–Crippen MR) is 102 cm³/mol. The van der Waals surface area contributed by atoms with Gasteiger partial charge in [-0.15, -0.1) is 11.6 Å². The molecule has 8 heteroatoms. The van der Waals surface area contributed by atoms with E-state index >= 15 is 0 Å². The van der Waals surface area contributed by atoms with Crippen LogP contribution in [0.4, 0.5) is 0 Å². The Morgan fingerprint density at radius 3 is 2.15 bits per heavy atom. The summed E-state index contributed by atoms with van der Waals surface area (Å²) in [5.74, 6) is 0.390. The number of sulfonamides is 1. The van der Waals surface area contributed by atoms with Crippen molar-refractivity contribution in [1.82, 2.24) is 4.72 Å². The lowest BCUT2D eigenvalue weighted by atomic mass is 10.0. The monoisotopic (exact) mass is 396 g/mol. The molecule has 2 atom stereocenters. The van der Waals surface area contributed by atoms with Crippen molar-refractivity contribution in [2.24, 2.45) is 0 Å². The van der Waals surface area contributed by atoms with E-state index in [1.165, 1.54) is 26.4 Å². The molecule has 0 radical (unpaired) electrons. The molecule has 0 aliphatic rings. The van der Waals surface area contributed by atoms with Gasteiger partial charge in [0, 0.05) is 0 Å². The number of aryl methyl sites for hydroxylation is 1. The highest BCUT2D eigenvalue weighted by atomic mass is 35.5. The smallest absolute Gasteiger partial charge is 0.241 e. The second kappa shape index (κ2) is 8.53. The number of hydrogen-bond donors (Lipinski definition) is 2. The summed E-state index contributed by atoms with van der Waals surface area (Å²) in [6.45, 7) is 1.87. The van der Waals surface area contributed by atoms with Crippen LogP contribution in [-0.2, 0) is 14.8 Å². The van der Waals surface area contributed by atoms with Crippen molar-refractivity contribution >= 4 is 27.5 Å². The van der Waals surface area contributed by atoms with E-state index in [4.69, 9.17) is 26.5 Å². The third-order valence-corrected chi connectivity index (χ3v) is 5.76. The number of rotatable bonds is 7. The summed E-state index contributed by atoms with van der Waals surface area (Å²) in [5, 5.41) is 6.81. The zero-order valence-electron chi connectivity index (χ0n) is 14.7. The molecule has 6 nitrogen and oxygen atoms in total. The van der Waals surface area contributed by atoms with Gasteiger partial charge in [0.25, 0.3) is 0 Å². The fraction of sp³-hybridized carbons (Fsp3) is 0.278. The van der Waals surface area contributed by atoms with Gasteiger partial charge in [0.1, 0.15) is 11.1 Å². The van der Waals surface area contributed by atoms with Crippen molar-refractivity contribution in [1.29, 1.82) is 5.41 Å². The largest absolute Gasteiger partial charge is 0.497 e. The maximum atomic E-state index is 12.8. The molecule has 0 unspecified atom stereocenters. The predicted octanol–water partition coefficient (Wildman–Crippen LogP) is 3.25. The van der Waals surface area contributed by atoms with Crippen LogP contribution in [-0.4, -0.2) is 33.9 Å². The van der Waals surface area contributed by atoms with Crippen LogP contribution >= 0.6 is 11.6 Å². The van der Waals surface area contributed by atoms with Crippen LogP contribution in [0.2, 0.25) is 0 Å². The molecule has 0 aliphatic carbocycles. The summed E-state index contributed by atoms with van der Waals surface area (Å²) in [5.41, 5.74) is 1.54. The van der Waals surface area contributed by atoms with Gasteiger partial charge in [0.05, 0.1) is 25.2 Å². The Bertz CT molecular complexity index is 852. The molecule has 0 saturated carbocycles. The molecule has 2 aromatic rings. The lowest BCUT2D eigenvalue weighted by molar-refractivity contribution is 0.379. The summed E-state index contributed by atoms with van der Waals surface area (Å²) in [4.78, 5) is 0.120. The topological polar surface area (TPSA) is 88.5 Å². The van der Waals surface area contributed by atoms with E-state index in [1.54, 1.807) is 36.4 Å². The minimum atomic E-state index is -3.84. The van der Waals surface area contributed by atoms with E-state index in [9.17, 15) is 8.42 Å². The van der Waals surface area contributed by atoms with Crippen molar-refractivity contribution in [2.45, 2.75) is 23.2 Å². The van der Waals surface area contributed by atoms with E-state index in [0.29, 0.717) is 11.3 Å². The summed E-state index contributed by atoms with van der Waals surface area (Å²) in [7, 11) is -0.989. The first-order chi connectivity index (χ1) is 12.3. The van der Waals surface area contributed by atoms with Gasteiger partial charge in [-0.2, -0.15) is 0 Å². The number of benzene rings is 2. The number of nitrogens with one attached hydrogen (secondary N) is 2. The zero-order valence-corrected chi connectivity index (χ0v) is 16.3. The van der Waals surface area contributed by atoms with Gasteiger partial charge in [-0.3, -0.25) is 5.41 Å². The molecule has 2 aromatic carbocycles. The van der Waals surface area contributed by atoms with Crippen LogP contribution in [0.1, 0.15) is 17.2 Å². The van der Waals surface area contributed by atoms with E-state index in [0.717, 1.165) is 5.56 Å². The quantitative estimate of drug-likeness (QED) is 0.427. The number of alkyl halides is 1. The normalized spacial score (nSPS) is 13.7.